The molecule has 1 aromatic carbocycles. The van der Waals surface area contributed by atoms with E-state index in [0.717, 1.165) is 46.3 Å². The summed E-state index contributed by atoms with van der Waals surface area (Å²) in [5.41, 5.74) is 2.83. The van der Waals surface area contributed by atoms with E-state index in [9.17, 15) is 14.7 Å². The number of carboxylic acids is 1. The molecule has 0 spiro atoms. The number of aromatic nitrogens is 2. The van der Waals surface area contributed by atoms with E-state index in [4.69, 9.17) is 4.74 Å². The molecule has 1 aliphatic heterocycles. The lowest BCUT2D eigenvalue weighted by Crippen LogP contribution is -2.41. The second kappa shape index (κ2) is 8.67. The highest BCUT2D eigenvalue weighted by atomic mass is 32.1. The fourth-order valence-corrected chi connectivity index (χ4v) is 5.00. The summed E-state index contributed by atoms with van der Waals surface area (Å²) in [5.74, 6) is 0.742. The van der Waals surface area contributed by atoms with Gasteiger partial charge < -0.3 is 14.9 Å². The van der Waals surface area contributed by atoms with Gasteiger partial charge in [-0.15, -0.1) is 11.3 Å². The van der Waals surface area contributed by atoms with Crippen LogP contribution < -0.4 is 15.2 Å². The Morgan fingerprint density at radius 1 is 1.27 bits per heavy atom. The van der Waals surface area contributed by atoms with Crippen LogP contribution in [0.25, 0.3) is 21.8 Å². The van der Waals surface area contributed by atoms with E-state index in [1.165, 1.54) is 25.1 Å². The average Bonchev–Trinajstić information content (AvgIpc) is 3.42. The van der Waals surface area contributed by atoms with Gasteiger partial charge in [0.2, 0.25) is 0 Å². The van der Waals surface area contributed by atoms with Crippen molar-refractivity contribution in [2.45, 2.75) is 39.7 Å². The molecule has 172 valence electrons. The number of thiazole rings is 1. The van der Waals surface area contributed by atoms with Crippen LogP contribution in [0.5, 0.6) is 5.75 Å². The SMILES string of the molecule is CC(C)CN1Cc2cc(OCCC3CC3)c(-c3nccs3)cc2-c2cc(=O)c(C(=O)O)cn21. The van der Waals surface area contributed by atoms with Gasteiger partial charge in [-0.1, -0.05) is 26.7 Å². The molecule has 1 saturated carbocycles. The molecular formula is C25H27N3O4S. The Hall–Kier alpha value is -3.13. The molecule has 7 nitrogen and oxygen atoms in total. The van der Waals surface area contributed by atoms with Gasteiger partial charge in [0.15, 0.2) is 5.43 Å². The van der Waals surface area contributed by atoms with Gasteiger partial charge in [0.05, 0.1) is 24.4 Å². The molecule has 1 aliphatic carbocycles. The third-order valence-corrected chi connectivity index (χ3v) is 6.93. The van der Waals surface area contributed by atoms with Gasteiger partial charge >= 0.3 is 5.97 Å². The van der Waals surface area contributed by atoms with E-state index < -0.39 is 11.4 Å². The molecule has 1 fully saturated rings. The molecule has 3 aromatic rings. The third kappa shape index (κ3) is 4.39. The number of hydrogen-bond donors (Lipinski definition) is 1. The lowest BCUT2D eigenvalue weighted by atomic mass is 9.97. The van der Waals surface area contributed by atoms with Crippen molar-refractivity contribution in [2.24, 2.45) is 11.8 Å². The molecule has 0 bridgehead atoms. The molecule has 5 rings (SSSR count). The lowest BCUT2D eigenvalue weighted by molar-refractivity contribution is 0.0694. The predicted octanol–water partition coefficient (Wildman–Crippen LogP) is 4.62. The number of benzene rings is 1. The van der Waals surface area contributed by atoms with Gasteiger partial charge in [0, 0.05) is 35.9 Å². The van der Waals surface area contributed by atoms with Crippen molar-refractivity contribution in [3.63, 3.8) is 0 Å². The maximum atomic E-state index is 12.6. The summed E-state index contributed by atoms with van der Waals surface area (Å²) in [6.45, 7) is 6.23. The van der Waals surface area contributed by atoms with Gasteiger partial charge in [-0.25, -0.2) is 9.78 Å². The standard InChI is InChI=1S/C25H27N3O4S/c1-15(2)12-27-13-17-9-23(32-7-5-16-3-4-16)19(24-26-6-8-33-24)10-18(17)21-11-22(29)20(25(30)31)14-28(21)27/h6,8-11,14-16H,3-5,7,12-13H2,1-2H3,(H,30,31). The number of hydrogen-bond acceptors (Lipinski definition) is 6. The molecule has 2 aromatic heterocycles. The first-order valence-corrected chi connectivity index (χ1v) is 12.2. The van der Waals surface area contributed by atoms with Gasteiger partial charge in [-0.05, 0) is 36.0 Å². The van der Waals surface area contributed by atoms with E-state index in [1.54, 1.807) is 17.5 Å². The highest BCUT2D eigenvalue weighted by Crippen LogP contribution is 2.41. The fraction of sp³-hybridized carbons (Fsp3) is 0.400. The van der Waals surface area contributed by atoms with Crippen LogP contribution in [-0.2, 0) is 6.54 Å². The molecule has 0 atom stereocenters. The molecule has 33 heavy (non-hydrogen) atoms. The second-order valence-electron chi connectivity index (χ2n) is 9.25. The van der Waals surface area contributed by atoms with E-state index >= 15 is 0 Å². The summed E-state index contributed by atoms with van der Waals surface area (Å²) in [6, 6.07) is 5.55. The molecule has 1 N–H and O–H groups in total. The zero-order valence-electron chi connectivity index (χ0n) is 18.8. The molecule has 2 aliphatic rings. The minimum atomic E-state index is -1.21. The summed E-state index contributed by atoms with van der Waals surface area (Å²) >= 11 is 1.54. The zero-order valence-corrected chi connectivity index (χ0v) is 19.6. The topological polar surface area (TPSA) is 84.7 Å². The van der Waals surface area contributed by atoms with Crippen LogP contribution in [0.3, 0.4) is 0 Å². The number of fused-ring (bicyclic) bond motifs is 3. The van der Waals surface area contributed by atoms with Crippen LogP contribution >= 0.6 is 11.3 Å². The fourth-order valence-electron chi connectivity index (χ4n) is 4.34. The molecule has 3 heterocycles. The van der Waals surface area contributed by atoms with Crippen LogP contribution in [0, 0.1) is 11.8 Å². The number of carboxylic acid groups (broad SMARTS) is 1. The molecule has 0 saturated heterocycles. The van der Waals surface area contributed by atoms with Crippen molar-refractivity contribution < 1.29 is 14.6 Å². The number of carbonyl (C=O) groups is 1. The summed E-state index contributed by atoms with van der Waals surface area (Å²) in [7, 11) is 0. The number of pyridine rings is 1. The highest BCUT2D eigenvalue weighted by Gasteiger charge is 2.27. The van der Waals surface area contributed by atoms with E-state index in [-0.39, 0.29) is 5.56 Å². The smallest absolute Gasteiger partial charge is 0.341 e. The summed E-state index contributed by atoms with van der Waals surface area (Å²) in [5, 5.41) is 14.4. The van der Waals surface area contributed by atoms with Crippen LogP contribution in [0.1, 0.15) is 49.0 Å². The Labute approximate surface area is 196 Å². The van der Waals surface area contributed by atoms with Crippen molar-refractivity contribution in [1.29, 1.82) is 0 Å². The zero-order chi connectivity index (χ0) is 23.1. The van der Waals surface area contributed by atoms with Crippen molar-refractivity contribution >= 4 is 17.3 Å². The Morgan fingerprint density at radius 2 is 2.09 bits per heavy atom. The van der Waals surface area contributed by atoms with Crippen molar-refractivity contribution in [2.75, 3.05) is 18.2 Å². The minimum absolute atomic E-state index is 0.226. The molecule has 0 radical (unpaired) electrons. The largest absolute Gasteiger partial charge is 0.493 e. The van der Waals surface area contributed by atoms with E-state index in [2.05, 4.69) is 29.9 Å². The van der Waals surface area contributed by atoms with Crippen LogP contribution in [0.15, 0.2) is 40.8 Å². The van der Waals surface area contributed by atoms with Gasteiger partial charge in [-0.2, -0.15) is 0 Å². The summed E-state index contributed by atoms with van der Waals surface area (Å²) in [6.07, 6.45) is 6.87. The van der Waals surface area contributed by atoms with Crippen LogP contribution in [0.4, 0.5) is 0 Å². The van der Waals surface area contributed by atoms with Gasteiger partial charge in [-0.3, -0.25) is 9.47 Å². The monoisotopic (exact) mass is 465 g/mol. The Morgan fingerprint density at radius 3 is 2.76 bits per heavy atom. The summed E-state index contributed by atoms with van der Waals surface area (Å²) < 4.78 is 8.08. The lowest BCUT2D eigenvalue weighted by Gasteiger charge is -2.36. The van der Waals surface area contributed by atoms with Crippen molar-refractivity contribution in [3.8, 4) is 27.6 Å². The van der Waals surface area contributed by atoms with Gasteiger partial charge in [0.25, 0.3) is 0 Å². The van der Waals surface area contributed by atoms with Crippen molar-refractivity contribution in [1.82, 2.24) is 9.66 Å². The Bertz CT molecular complexity index is 1250. The third-order valence-electron chi connectivity index (χ3n) is 6.12. The van der Waals surface area contributed by atoms with Crippen LogP contribution in [-0.4, -0.2) is 33.9 Å². The first-order valence-electron chi connectivity index (χ1n) is 11.4. The number of rotatable bonds is 8. The number of aromatic carboxylic acids is 1. The molecular weight excluding hydrogens is 438 g/mol. The normalized spacial score (nSPS) is 14.8. The summed E-state index contributed by atoms with van der Waals surface area (Å²) in [4.78, 5) is 28.7. The molecule has 0 amide bonds. The second-order valence-corrected chi connectivity index (χ2v) is 10.1. The molecule has 8 heteroatoms. The average molecular weight is 466 g/mol. The number of nitrogens with zero attached hydrogens (tertiary/aromatic N) is 3. The van der Waals surface area contributed by atoms with E-state index in [0.29, 0.717) is 24.8 Å². The Balaban J connectivity index is 1.63. The first kappa shape index (κ1) is 21.7. The van der Waals surface area contributed by atoms with E-state index in [1.807, 2.05) is 16.1 Å². The maximum Gasteiger partial charge on any atom is 0.341 e. The first-order chi connectivity index (χ1) is 15.9. The maximum absolute atomic E-state index is 12.6. The molecule has 0 unspecified atom stereocenters. The quantitative estimate of drug-likeness (QED) is 0.522. The van der Waals surface area contributed by atoms with Crippen LogP contribution in [0.2, 0.25) is 0 Å². The van der Waals surface area contributed by atoms with Gasteiger partial charge in [0.1, 0.15) is 16.3 Å². The van der Waals surface area contributed by atoms with Crippen molar-refractivity contribution in [3.05, 3.63) is 57.3 Å². The highest BCUT2D eigenvalue weighted by molar-refractivity contribution is 7.13. The number of ether oxygens (including phenoxy) is 1. The Kier molecular flexibility index (Phi) is 5.70. The predicted molar refractivity (Wildman–Crippen MR) is 129 cm³/mol. The minimum Gasteiger partial charge on any atom is -0.493 e.